The van der Waals surface area contributed by atoms with E-state index in [9.17, 15) is 13.2 Å². The number of alkyl halides is 3. The van der Waals surface area contributed by atoms with Crippen LogP contribution in [0.15, 0.2) is 0 Å². The average Bonchev–Trinajstić information content (AvgIpc) is 2.50. The van der Waals surface area contributed by atoms with Gasteiger partial charge in [0, 0.05) is 0 Å². The minimum atomic E-state index is -4.30. The van der Waals surface area contributed by atoms with Crippen LogP contribution in [0.4, 0.5) is 13.2 Å². The summed E-state index contributed by atoms with van der Waals surface area (Å²) in [6.45, 7) is 16.4. The minimum Gasteiger partial charge on any atom is -0.368 e. The zero-order valence-electron chi connectivity index (χ0n) is 16.4. The third-order valence-electron chi connectivity index (χ3n) is 6.65. The number of halogens is 3. The van der Waals surface area contributed by atoms with Crippen LogP contribution in [0.3, 0.4) is 0 Å². The Morgan fingerprint density at radius 3 is 1.52 bits per heavy atom. The summed E-state index contributed by atoms with van der Waals surface area (Å²) in [7, 11) is 0. The summed E-state index contributed by atoms with van der Waals surface area (Å²) in [6, 6.07) is 0. The Bertz CT molecular complexity index is 343. The maximum atomic E-state index is 12.8. The Labute approximate surface area is 141 Å². The molecule has 0 aromatic carbocycles. The standard InChI is InChI=1S/C19H37F3O/c1-9-16(6,10-2)13-18(8,17(7,11-3)12-4)14-23-15(5)19(20,21)22/h15H,9-14H2,1-8H3. The molecule has 0 fully saturated rings. The normalized spacial score (nSPS) is 17.9. The Morgan fingerprint density at radius 2 is 1.22 bits per heavy atom. The zero-order chi connectivity index (χ0) is 18.5. The van der Waals surface area contributed by atoms with Crippen molar-refractivity contribution in [2.24, 2.45) is 16.2 Å². The number of ether oxygens (including phenoxy) is 1. The number of hydrogen-bond donors (Lipinski definition) is 0. The van der Waals surface area contributed by atoms with Gasteiger partial charge in [-0.2, -0.15) is 13.2 Å². The predicted octanol–water partition coefficient (Wildman–Crippen LogP) is 7.00. The molecule has 0 aliphatic heterocycles. The summed E-state index contributed by atoms with van der Waals surface area (Å²) in [6.07, 6.45) is -1.20. The van der Waals surface area contributed by atoms with Crippen molar-refractivity contribution in [3.63, 3.8) is 0 Å². The van der Waals surface area contributed by atoms with Crippen LogP contribution in [0.5, 0.6) is 0 Å². The van der Waals surface area contributed by atoms with Gasteiger partial charge in [-0.15, -0.1) is 0 Å². The molecule has 1 nitrogen and oxygen atoms in total. The van der Waals surface area contributed by atoms with Gasteiger partial charge in [0.25, 0.3) is 0 Å². The van der Waals surface area contributed by atoms with Crippen molar-refractivity contribution in [3.05, 3.63) is 0 Å². The third kappa shape index (κ3) is 5.65. The molecule has 2 atom stereocenters. The molecule has 0 aliphatic carbocycles. The molecule has 0 spiro atoms. The van der Waals surface area contributed by atoms with Crippen molar-refractivity contribution in [2.45, 2.75) is 99.8 Å². The van der Waals surface area contributed by atoms with E-state index in [0.29, 0.717) is 0 Å². The van der Waals surface area contributed by atoms with Gasteiger partial charge in [0.15, 0.2) is 6.10 Å². The molecule has 0 aromatic heterocycles. The van der Waals surface area contributed by atoms with E-state index in [2.05, 4.69) is 48.5 Å². The SMILES string of the molecule is CCC(C)(CC)CC(C)(COC(C)C(F)(F)F)C(C)(CC)CC. The third-order valence-corrected chi connectivity index (χ3v) is 6.65. The second kappa shape index (κ2) is 8.22. The molecular formula is C19H37F3O. The average molecular weight is 338 g/mol. The molecule has 140 valence electrons. The monoisotopic (exact) mass is 338 g/mol. The summed E-state index contributed by atoms with van der Waals surface area (Å²) in [5.74, 6) is 0. The first kappa shape index (κ1) is 22.8. The Kier molecular flexibility index (Phi) is 8.13. The fraction of sp³-hybridized carbons (Fsp3) is 1.00. The first-order chi connectivity index (χ1) is 10.3. The van der Waals surface area contributed by atoms with Gasteiger partial charge < -0.3 is 4.74 Å². The minimum absolute atomic E-state index is 0.0378. The molecule has 0 radical (unpaired) electrons. The number of rotatable bonds is 10. The topological polar surface area (TPSA) is 9.23 Å². The molecule has 0 bridgehead atoms. The van der Waals surface area contributed by atoms with Crippen molar-refractivity contribution >= 4 is 0 Å². The lowest BCUT2D eigenvalue weighted by Crippen LogP contribution is -2.46. The molecule has 0 heterocycles. The molecule has 2 unspecified atom stereocenters. The molecule has 0 saturated heterocycles. The summed E-state index contributed by atoms with van der Waals surface area (Å²) in [4.78, 5) is 0. The maximum Gasteiger partial charge on any atom is 0.414 e. The Hall–Kier alpha value is -0.250. The van der Waals surface area contributed by atoms with Crippen LogP contribution in [0.2, 0.25) is 0 Å². The van der Waals surface area contributed by atoms with Crippen LogP contribution in [0.1, 0.15) is 87.5 Å². The highest BCUT2D eigenvalue weighted by molar-refractivity contribution is 4.95. The second-order valence-corrected chi connectivity index (χ2v) is 8.02. The summed E-state index contributed by atoms with van der Waals surface area (Å²) < 4.78 is 43.8. The second-order valence-electron chi connectivity index (χ2n) is 8.02. The highest BCUT2D eigenvalue weighted by Crippen LogP contribution is 2.53. The van der Waals surface area contributed by atoms with Crippen LogP contribution < -0.4 is 0 Å². The van der Waals surface area contributed by atoms with Crippen molar-refractivity contribution < 1.29 is 17.9 Å². The van der Waals surface area contributed by atoms with Crippen LogP contribution in [0, 0.1) is 16.2 Å². The van der Waals surface area contributed by atoms with Gasteiger partial charge in [-0.25, -0.2) is 0 Å². The lowest BCUT2D eigenvalue weighted by atomic mass is 9.56. The fourth-order valence-corrected chi connectivity index (χ4v) is 3.39. The van der Waals surface area contributed by atoms with Crippen molar-refractivity contribution in [2.75, 3.05) is 6.61 Å². The molecular weight excluding hydrogens is 301 g/mol. The summed E-state index contributed by atoms with van der Waals surface area (Å²) >= 11 is 0. The van der Waals surface area contributed by atoms with E-state index in [4.69, 9.17) is 4.74 Å². The zero-order valence-corrected chi connectivity index (χ0v) is 16.4. The summed E-state index contributed by atoms with van der Waals surface area (Å²) in [5.41, 5.74) is -0.189. The highest BCUT2D eigenvalue weighted by atomic mass is 19.4. The first-order valence-corrected chi connectivity index (χ1v) is 9.01. The highest BCUT2D eigenvalue weighted by Gasteiger charge is 2.47. The fourth-order valence-electron chi connectivity index (χ4n) is 3.39. The molecule has 4 heteroatoms. The van der Waals surface area contributed by atoms with E-state index in [-0.39, 0.29) is 22.9 Å². The summed E-state index contributed by atoms with van der Waals surface area (Å²) in [5, 5.41) is 0. The van der Waals surface area contributed by atoms with Gasteiger partial charge in [0.1, 0.15) is 0 Å². The van der Waals surface area contributed by atoms with E-state index in [1.54, 1.807) is 0 Å². The molecule has 0 amide bonds. The molecule has 0 rings (SSSR count). The lowest BCUT2D eigenvalue weighted by molar-refractivity contribution is -0.228. The van der Waals surface area contributed by atoms with E-state index < -0.39 is 12.3 Å². The first-order valence-electron chi connectivity index (χ1n) is 9.01. The van der Waals surface area contributed by atoms with Gasteiger partial charge in [0.2, 0.25) is 0 Å². The van der Waals surface area contributed by atoms with Gasteiger partial charge in [-0.3, -0.25) is 0 Å². The largest absolute Gasteiger partial charge is 0.414 e. The van der Waals surface area contributed by atoms with Crippen LogP contribution in [-0.2, 0) is 4.74 Å². The van der Waals surface area contributed by atoms with E-state index in [1.807, 2.05) is 0 Å². The number of hydrogen-bond acceptors (Lipinski definition) is 1. The van der Waals surface area contributed by atoms with Crippen LogP contribution in [0.25, 0.3) is 0 Å². The Morgan fingerprint density at radius 1 is 0.783 bits per heavy atom. The molecule has 23 heavy (non-hydrogen) atoms. The van der Waals surface area contributed by atoms with Crippen molar-refractivity contribution in [1.29, 1.82) is 0 Å². The van der Waals surface area contributed by atoms with Crippen molar-refractivity contribution in [3.8, 4) is 0 Å². The molecule has 0 saturated carbocycles. The predicted molar refractivity (Wildman–Crippen MR) is 91.6 cm³/mol. The van der Waals surface area contributed by atoms with Gasteiger partial charge >= 0.3 is 6.18 Å². The lowest BCUT2D eigenvalue weighted by Gasteiger charge is -2.50. The molecule has 0 aliphatic rings. The Balaban J connectivity index is 5.47. The quantitative estimate of drug-likeness (QED) is 0.416. The van der Waals surface area contributed by atoms with E-state index in [0.717, 1.165) is 39.0 Å². The van der Waals surface area contributed by atoms with Gasteiger partial charge in [-0.05, 0) is 29.6 Å². The maximum absolute atomic E-state index is 12.8. The smallest absolute Gasteiger partial charge is 0.368 e. The molecule has 0 N–H and O–H groups in total. The van der Waals surface area contributed by atoms with Crippen LogP contribution >= 0.6 is 0 Å². The van der Waals surface area contributed by atoms with Crippen LogP contribution in [-0.4, -0.2) is 18.9 Å². The van der Waals surface area contributed by atoms with Gasteiger partial charge in [-0.1, -0.05) is 74.1 Å². The van der Waals surface area contributed by atoms with Crippen molar-refractivity contribution in [1.82, 2.24) is 0 Å². The van der Waals surface area contributed by atoms with E-state index in [1.165, 1.54) is 0 Å². The van der Waals surface area contributed by atoms with E-state index >= 15 is 0 Å². The van der Waals surface area contributed by atoms with Gasteiger partial charge in [0.05, 0.1) is 6.61 Å². The molecule has 0 aromatic rings.